The van der Waals surface area contributed by atoms with Gasteiger partial charge in [0.05, 0.1) is 30.9 Å². The van der Waals surface area contributed by atoms with Crippen LogP contribution >= 0.6 is 0 Å². The Kier molecular flexibility index (Phi) is 5.75. The van der Waals surface area contributed by atoms with Gasteiger partial charge in [-0.2, -0.15) is 5.10 Å². The standard InChI is InChI=1S/C25H25N7O2/c1-15-12-18-13-17(6-8-20(18)29-23(15)26)25(33)32(14-19-7-9-21(34-2)31-30-19)22(16-4-5-16)24-27-10-3-11-28-24/h3,6-13,16,22H,4-5,14H2,1-2H3,(H2,26,29)/t22-/m1/s1. The van der Waals surface area contributed by atoms with Gasteiger partial charge < -0.3 is 15.4 Å². The predicted octanol–water partition coefficient (Wildman–Crippen LogP) is 3.51. The van der Waals surface area contributed by atoms with Gasteiger partial charge in [0.2, 0.25) is 5.88 Å². The average molecular weight is 456 g/mol. The van der Waals surface area contributed by atoms with Crippen LogP contribution in [0.3, 0.4) is 0 Å². The van der Waals surface area contributed by atoms with E-state index in [1.807, 2.05) is 36.1 Å². The zero-order valence-electron chi connectivity index (χ0n) is 19.0. The molecule has 0 aliphatic heterocycles. The number of nitrogens with zero attached hydrogens (tertiary/aromatic N) is 6. The molecule has 34 heavy (non-hydrogen) atoms. The lowest BCUT2D eigenvalue weighted by atomic mass is 10.0. The first-order valence-electron chi connectivity index (χ1n) is 11.1. The van der Waals surface area contributed by atoms with E-state index in [1.165, 1.54) is 0 Å². The van der Waals surface area contributed by atoms with Gasteiger partial charge in [-0.1, -0.05) is 0 Å². The molecule has 1 aliphatic carbocycles. The van der Waals surface area contributed by atoms with Crippen LogP contribution in [0, 0.1) is 12.8 Å². The minimum absolute atomic E-state index is 0.127. The highest BCUT2D eigenvalue weighted by Gasteiger charge is 2.40. The lowest BCUT2D eigenvalue weighted by molar-refractivity contribution is 0.0618. The molecule has 9 heteroatoms. The van der Waals surface area contributed by atoms with Crippen LogP contribution in [0.2, 0.25) is 0 Å². The monoisotopic (exact) mass is 455 g/mol. The van der Waals surface area contributed by atoms with Crippen molar-refractivity contribution in [3.8, 4) is 5.88 Å². The van der Waals surface area contributed by atoms with Gasteiger partial charge in [0.15, 0.2) is 5.82 Å². The second-order valence-corrected chi connectivity index (χ2v) is 8.49. The van der Waals surface area contributed by atoms with Crippen molar-refractivity contribution in [1.29, 1.82) is 0 Å². The summed E-state index contributed by atoms with van der Waals surface area (Å²) in [6.45, 7) is 2.17. The highest BCUT2D eigenvalue weighted by molar-refractivity contribution is 5.98. The van der Waals surface area contributed by atoms with E-state index in [1.54, 1.807) is 37.7 Å². The lowest BCUT2D eigenvalue weighted by Gasteiger charge is -2.31. The number of carbonyl (C=O) groups is 1. The molecule has 1 saturated carbocycles. The molecule has 5 rings (SSSR count). The average Bonchev–Trinajstić information content (AvgIpc) is 3.70. The fraction of sp³-hybridized carbons (Fsp3) is 0.280. The Bertz CT molecular complexity index is 1320. The second kappa shape index (κ2) is 9.01. The number of rotatable bonds is 7. The van der Waals surface area contributed by atoms with Crippen molar-refractivity contribution in [3.63, 3.8) is 0 Å². The molecule has 0 unspecified atom stereocenters. The van der Waals surface area contributed by atoms with E-state index >= 15 is 0 Å². The van der Waals surface area contributed by atoms with Crippen molar-refractivity contribution < 1.29 is 9.53 Å². The first-order valence-corrected chi connectivity index (χ1v) is 11.1. The van der Waals surface area contributed by atoms with Gasteiger partial charge in [0, 0.05) is 29.4 Å². The summed E-state index contributed by atoms with van der Waals surface area (Å²) in [6, 6.07) is 12.5. The van der Waals surface area contributed by atoms with Gasteiger partial charge in [0.1, 0.15) is 5.82 Å². The van der Waals surface area contributed by atoms with Crippen LogP contribution in [0.4, 0.5) is 5.82 Å². The SMILES string of the molecule is COc1ccc(CN(C(=O)c2ccc3nc(N)c(C)cc3c2)[C@@H](c2ncccn2)C2CC2)nn1. The molecule has 3 heterocycles. The van der Waals surface area contributed by atoms with E-state index in [4.69, 9.17) is 10.5 Å². The number of benzene rings is 1. The number of aryl methyl sites for hydroxylation is 1. The minimum Gasteiger partial charge on any atom is -0.480 e. The predicted molar refractivity (Wildman–Crippen MR) is 127 cm³/mol. The molecule has 172 valence electrons. The summed E-state index contributed by atoms with van der Waals surface area (Å²) in [7, 11) is 1.54. The van der Waals surface area contributed by atoms with E-state index in [9.17, 15) is 4.79 Å². The Balaban J connectivity index is 1.55. The number of methoxy groups -OCH3 is 1. The topological polar surface area (TPSA) is 120 Å². The number of anilines is 1. The quantitative estimate of drug-likeness (QED) is 0.449. The number of fused-ring (bicyclic) bond motifs is 1. The van der Waals surface area contributed by atoms with Gasteiger partial charge in [-0.3, -0.25) is 4.79 Å². The number of pyridine rings is 1. The Hall–Kier alpha value is -4.14. The Morgan fingerprint density at radius 1 is 1.15 bits per heavy atom. The van der Waals surface area contributed by atoms with Crippen molar-refractivity contribution in [2.75, 3.05) is 12.8 Å². The summed E-state index contributed by atoms with van der Waals surface area (Å²) in [5.41, 5.74) is 8.79. The highest BCUT2D eigenvalue weighted by Crippen LogP contribution is 2.44. The van der Waals surface area contributed by atoms with Crippen molar-refractivity contribution in [2.24, 2.45) is 5.92 Å². The van der Waals surface area contributed by atoms with Gasteiger partial charge in [-0.25, -0.2) is 15.0 Å². The van der Waals surface area contributed by atoms with Gasteiger partial charge in [-0.05, 0) is 67.6 Å². The van der Waals surface area contributed by atoms with Crippen molar-refractivity contribution in [2.45, 2.75) is 32.4 Å². The smallest absolute Gasteiger partial charge is 0.254 e. The molecule has 0 saturated heterocycles. The zero-order chi connectivity index (χ0) is 23.7. The van der Waals surface area contributed by atoms with Crippen LogP contribution < -0.4 is 10.5 Å². The number of nitrogen functional groups attached to an aromatic ring is 1. The Morgan fingerprint density at radius 3 is 2.62 bits per heavy atom. The summed E-state index contributed by atoms with van der Waals surface area (Å²) in [6.07, 6.45) is 5.45. The molecule has 1 amide bonds. The number of ether oxygens (including phenoxy) is 1. The van der Waals surface area contributed by atoms with Crippen LogP contribution in [0.5, 0.6) is 5.88 Å². The third-order valence-electron chi connectivity index (χ3n) is 6.04. The first kappa shape index (κ1) is 21.7. The number of hydrogen-bond donors (Lipinski definition) is 1. The third-order valence-corrected chi connectivity index (χ3v) is 6.04. The zero-order valence-corrected chi connectivity index (χ0v) is 19.0. The van der Waals surface area contributed by atoms with Crippen LogP contribution in [-0.4, -0.2) is 43.1 Å². The summed E-state index contributed by atoms with van der Waals surface area (Å²) in [5.74, 6) is 1.70. The highest BCUT2D eigenvalue weighted by atomic mass is 16.5. The maximum Gasteiger partial charge on any atom is 0.254 e. The Morgan fingerprint density at radius 2 is 1.94 bits per heavy atom. The first-order chi connectivity index (χ1) is 16.5. The molecule has 1 atom stereocenters. The third kappa shape index (κ3) is 4.36. The number of aromatic nitrogens is 5. The molecule has 0 radical (unpaired) electrons. The van der Waals surface area contributed by atoms with Gasteiger partial charge in [-0.15, -0.1) is 5.10 Å². The molecule has 3 aromatic heterocycles. The minimum atomic E-state index is -0.264. The van der Waals surface area contributed by atoms with E-state index < -0.39 is 0 Å². The van der Waals surface area contributed by atoms with Gasteiger partial charge >= 0.3 is 0 Å². The molecule has 1 aliphatic rings. The van der Waals surface area contributed by atoms with Crippen LogP contribution in [0.1, 0.15) is 46.3 Å². The van der Waals surface area contributed by atoms with Crippen LogP contribution in [-0.2, 0) is 6.54 Å². The number of hydrogen-bond acceptors (Lipinski definition) is 8. The molecule has 0 bridgehead atoms. The number of amides is 1. The summed E-state index contributed by atoms with van der Waals surface area (Å²) < 4.78 is 5.13. The van der Waals surface area contributed by atoms with E-state index in [2.05, 4.69) is 25.1 Å². The second-order valence-electron chi connectivity index (χ2n) is 8.49. The molecular weight excluding hydrogens is 430 g/mol. The largest absolute Gasteiger partial charge is 0.480 e. The van der Waals surface area contributed by atoms with Crippen LogP contribution in [0.15, 0.2) is 54.9 Å². The Labute approximate surface area is 197 Å². The normalized spacial score (nSPS) is 14.1. The number of nitrogens with two attached hydrogens (primary N) is 1. The maximum atomic E-state index is 14.0. The van der Waals surface area contributed by atoms with Crippen LogP contribution in [0.25, 0.3) is 10.9 Å². The molecule has 4 aromatic rings. The fourth-order valence-electron chi connectivity index (χ4n) is 4.09. The molecular formula is C25H25N7O2. The maximum absolute atomic E-state index is 14.0. The number of carbonyl (C=O) groups excluding carboxylic acids is 1. The van der Waals surface area contributed by atoms with Crippen molar-refractivity contribution in [3.05, 3.63) is 77.5 Å². The summed E-state index contributed by atoms with van der Waals surface area (Å²) in [4.78, 5) is 29.2. The fourth-order valence-corrected chi connectivity index (χ4v) is 4.09. The van der Waals surface area contributed by atoms with Gasteiger partial charge in [0.25, 0.3) is 5.91 Å². The summed E-state index contributed by atoms with van der Waals surface area (Å²) in [5, 5.41) is 9.19. The molecule has 2 N–H and O–H groups in total. The van der Waals surface area contributed by atoms with E-state index in [-0.39, 0.29) is 18.5 Å². The van der Waals surface area contributed by atoms with Crippen molar-refractivity contribution in [1.82, 2.24) is 30.0 Å². The molecule has 1 fully saturated rings. The lowest BCUT2D eigenvalue weighted by Crippen LogP contribution is -2.37. The van der Waals surface area contributed by atoms with Crippen molar-refractivity contribution >= 4 is 22.6 Å². The molecule has 9 nitrogen and oxygen atoms in total. The molecule has 0 spiro atoms. The van der Waals surface area contributed by atoms with E-state index in [0.717, 1.165) is 29.3 Å². The van der Waals surface area contributed by atoms with E-state index in [0.29, 0.717) is 34.7 Å². The molecule has 1 aromatic carbocycles. The summed E-state index contributed by atoms with van der Waals surface area (Å²) >= 11 is 0.